The Morgan fingerprint density at radius 3 is 2.59 bits per heavy atom. The summed E-state index contributed by atoms with van der Waals surface area (Å²) in [7, 11) is 1.34. The zero-order chi connectivity index (χ0) is 13.0. The Bertz CT molecular complexity index is 329. The topological polar surface area (TPSA) is 75.7 Å². The third kappa shape index (κ3) is 3.44. The second-order valence-electron chi connectivity index (χ2n) is 4.22. The molecule has 1 aliphatic rings. The average Bonchev–Trinajstić information content (AvgIpc) is 2.75. The molecular formula is C11H18N2O4. The Morgan fingerprint density at radius 1 is 1.41 bits per heavy atom. The van der Waals surface area contributed by atoms with Gasteiger partial charge in [0.25, 0.3) is 0 Å². The maximum absolute atomic E-state index is 11.9. The van der Waals surface area contributed by atoms with Gasteiger partial charge in [-0.05, 0) is 13.3 Å². The second kappa shape index (κ2) is 5.65. The fourth-order valence-electron chi connectivity index (χ4n) is 1.96. The lowest BCUT2D eigenvalue weighted by atomic mass is 10.1. The van der Waals surface area contributed by atoms with Crippen molar-refractivity contribution in [3.8, 4) is 0 Å². The Morgan fingerprint density at radius 2 is 2.06 bits per heavy atom. The number of carbonyl (C=O) groups excluding carboxylic acids is 3. The minimum Gasteiger partial charge on any atom is -0.469 e. The van der Waals surface area contributed by atoms with Gasteiger partial charge < -0.3 is 15.0 Å². The summed E-state index contributed by atoms with van der Waals surface area (Å²) in [5.74, 6) is -0.929. The molecule has 0 spiro atoms. The summed E-state index contributed by atoms with van der Waals surface area (Å²) >= 11 is 0. The lowest BCUT2D eigenvalue weighted by Crippen LogP contribution is -2.45. The van der Waals surface area contributed by atoms with E-state index in [2.05, 4.69) is 10.1 Å². The van der Waals surface area contributed by atoms with Gasteiger partial charge in [-0.25, -0.2) is 0 Å². The van der Waals surface area contributed by atoms with Crippen molar-refractivity contribution in [3.05, 3.63) is 0 Å². The molecular weight excluding hydrogens is 224 g/mol. The van der Waals surface area contributed by atoms with E-state index in [4.69, 9.17) is 0 Å². The highest BCUT2D eigenvalue weighted by Crippen LogP contribution is 2.18. The van der Waals surface area contributed by atoms with Gasteiger partial charge in [-0.2, -0.15) is 0 Å². The van der Waals surface area contributed by atoms with Crippen LogP contribution in [0.3, 0.4) is 0 Å². The van der Waals surface area contributed by atoms with Gasteiger partial charge in [0.15, 0.2) is 0 Å². The predicted molar refractivity (Wildman–Crippen MR) is 60.0 cm³/mol. The van der Waals surface area contributed by atoms with Crippen LogP contribution in [0.4, 0.5) is 0 Å². The van der Waals surface area contributed by atoms with Crippen LogP contribution in [0.5, 0.6) is 0 Å². The Kier molecular flexibility index (Phi) is 4.48. The minimum atomic E-state index is -0.552. The first kappa shape index (κ1) is 13.5. The van der Waals surface area contributed by atoms with Gasteiger partial charge in [-0.15, -0.1) is 0 Å². The fraction of sp³-hybridized carbons (Fsp3) is 0.727. The van der Waals surface area contributed by atoms with Crippen molar-refractivity contribution >= 4 is 17.8 Å². The molecule has 6 heteroatoms. The van der Waals surface area contributed by atoms with E-state index in [9.17, 15) is 14.4 Å². The standard InChI is InChI=1S/C11H18N2O4/c1-7(12-8(2)14)10(15)13-5-4-9(6-13)11(16)17-3/h7,9H,4-6H2,1-3H3,(H,12,14). The van der Waals surface area contributed by atoms with Crippen LogP contribution >= 0.6 is 0 Å². The number of carbonyl (C=O) groups is 3. The molecule has 0 aromatic heterocycles. The Hall–Kier alpha value is -1.59. The molecule has 0 radical (unpaired) electrons. The smallest absolute Gasteiger partial charge is 0.310 e. The van der Waals surface area contributed by atoms with E-state index in [1.54, 1.807) is 11.8 Å². The van der Waals surface area contributed by atoms with E-state index in [0.717, 1.165) is 0 Å². The van der Waals surface area contributed by atoms with E-state index < -0.39 is 6.04 Å². The van der Waals surface area contributed by atoms with Crippen molar-refractivity contribution in [1.82, 2.24) is 10.2 Å². The molecule has 0 aliphatic carbocycles. The normalized spacial score (nSPS) is 20.9. The Balaban J connectivity index is 2.50. The molecule has 6 nitrogen and oxygen atoms in total. The molecule has 96 valence electrons. The van der Waals surface area contributed by atoms with Crippen LogP contribution in [-0.2, 0) is 19.1 Å². The number of amides is 2. The van der Waals surface area contributed by atoms with Gasteiger partial charge in [0.2, 0.25) is 11.8 Å². The van der Waals surface area contributed by atoms with E-state index in [-0.39, 0.29) is 23.7 Å². The fourth-order valence-corrected chi connectivity index (χ4v) is 1.96. The van der Waals surface area contributed by atoms with Gasteiger partial charge >= 0.3 is 5.97 Å². The molecule has 2 unspecified atom stereocenters. The maximum Gasteiger partial charge on any atom is 0.310 e. The summed E-state index contributed by atoms with van der Waals surface area (Å²) < 4.78 is 4.64. The van der Waals surface area contributed by atoms with Crippen molar-refractivity contribution < 1.29 is 19.1 Å². The van der Waals surface area contributed by atoms with Crippen molar-refractivity contribution in [1.29, 1.82) is 0 Å². The number of rotatable bonds is 3. The molecule has 1 aliphatic heterocycles. The number of ether oxygens (including phenoxy) is 1. The minimum absolute atomic E-state index is 0.161. The molecule has 1 saturated heterocycles. The van der Waals surface area contributed by atoms with E-state index in [1.165, 1.54) is 14.0 Å². The van der Waals surface area contributed by atoms with Gasteiger partial charge in [0.05, 0.1) is 13.0 Å². The van der Waals surface area contributed by atoms with Crippen molar-refractivity contribution in [2.24, 2.45) is 5.92 Å². The highest BCUT2D eigenvalue weighted by molar-refractivity contribution is 5.87. The summed E-state index contributed by atoms with van der Waals surface area (Å²) in [5, 5.41) is 2.53. The summed E-state index contributed by atoms with van der Waals surface area (Å²) in [6, 6.07) is -0.552. The third-order valence-corrected chi connectivity index (χ3v) is 2.82. The van der Waals surface area contributed by atoms with Crippen molar-refractivity contribution in [3.63, 3.8) is 0 Å². The van der Waals surface area contributed by atoms with E-state index in [0.29, 0.717) is 19.5 Å². The second-order valence-corrected chi connectivity index (χ2v) is 4.22. The van der Waals surface area contributed by atoms with Gasteiger partial charge in [-0.3, -0.25) is 14.4 Å². The molecule has 2 atom stereocenters. The highest BCUT2D eigenvalue weighted by atomic mass is 16.5. The lowest BCUT2D eigenvalue weighted by Gasteiger charge is -2.21. The van der Waals surface area contributed by atoms with Crippen LogP contribution in [0.15, 0.2) is 0 Å². The summed E-state index contributed by atoms with van der Waals surface area (Å²) in [6.45, 7) is 3.90. The Labute approximate surface area is 100 Å². The monoisotopic (exact) mass is 242 g/mol. The summed E-state index contributed by atoms with van der Waals surface area (Å²) in [6.07, 6.45) is 0.616. The number of hydrogen-bond donors (Lipinski definition) is 1. The van der Waals surface area contributed by atoms with Crippen LogP contribution in [0.25, 0.3) is 0 Å². The van der Waals surface area contributed by atoms with Crippen LogP contribution in [0.1, 0.15) is 20.3 Å². The summed E-state index contributed by atoms with van der Waals surface area (Å²) in [4.78, 5) is 35.6. The largest absolute Gasteiger partial charge is 0.469 e. The molecule has 0 saturated carbocycles. The first-order valence-corrected chi connectivity index (χ1v) is 5.59. The zero-order valence-corrected chi connectivity index (χ0v) is 10.4. The first-order chi connectivity index (χ1) is 7.95. The van der Waals surface area contributed by atoms with Crippen LogP contribution in [-0.4, -0.2) is 48.9 Å². The average molecular weight is 242 g/mol. The van der Waals surface area contributed by atoms with Crippen molar-refractivity contribution in [2.45, 2.75) is 26.3 Å². The van der Waals surface area contributed by atoms with Crippen LogP contribution in [0, 0.1) is 5.92 Å². The van der Waals surface area contributed by atoms with Crippen LogP contribution in [0.2, 0.25) is 0 Å². The number of methoxy groups -OCH3 is 1. The first-order valence-electron chi connectivity index (χ1n) is 5.59. The number of nitrogens with zero attached hydrogens (tertiary/aromatic N) is 1. The quantitative estimate of drug-likeness (QED) is 0.679. The molecule has 1 heterocycles. The molecule has 0 aromatic carbocycles. The van der Waals surface area contributed by atoms with Gasteiger partial charge in [0.1, 0.15) is 6.04 Å². The molecule has 1 fully saturated rings. The molecule has 1 rings (SSSR count). The molecule has 17 heavy (non-hydrogen) atoms. The van der Waals surface area contributed by atoms with E-state index in [1.807, 2.05) is 0 Å². The van der Waals surface area contributed by atoms with Gasteiger partial charge in [-0.1, -0.05) is 0 Å². The SMILES string of the molecule is COC(=O)C1CCN(C(=O)C(C)NC(C)=O)C1. The predicted octanol–water partition coefficient (Wildman–Crippen LogP) is -0.468. The molecule has 2 amide bonds. The lowest BCUT2D eigenvalue weighted by molar-refractivity contribution is -0.145. The number of esters is 1. The molecule has 0 aromatic rings. The van der Waals surface area contributed by atoms with E-state index >= 15 is 0 Å². The van der Waals surface area contributed by atoms with Crippen molar-refractivity contribution in [2.75, 3.05) is 20.2 Å². The third-order valence-electron chi connectivity index (χ3n) is 2.82. The van der Waals surface area contributed by atoms with Gasteiger partial charge in [0, 0.05) is 20.0 Å². The van der Waals surface area contributed by atoms with Crippen LogP contribution < -0.4 is 5.32 Å². The number of likely N-dealkylation sites (tertiary alicyclic amines) is 1. The summed E-state index contributed by atoms with van der Waals surface area (Å²) in [5.41, 5.74) is 0. The highest BCUT2D eigenvalue weighted by Gasteiger charge is 2.33. The number of nitrogens with one attached hydrogen (secondary N) is 1. The molecule has 0 bridgehead atoms. The maximum atomic E-state index is 11.9. The molecule has 1 N–H and O–H groups in total. The zero-order valence-electron chi connectivity index (χ0n) is 10.4. The number of hydrogen-bond acceptors (Lipinski definition) is 4.